The highest BCUT2D eigenvalue weighted by molar-refractivity contribution is 5.57. The minimum absolute atomic E-state index is 0.212. The van der Waals surface area contributed by atoms with E-state index in [0.717, 1.165) is 24.3 Å². The van der Waals surface area contributed by atoms with Crippen LogP contribution in [0.25, 0.3) is 0 Å². The van der Waals surface area contributed by atoms with Crippen molar-refractivity contribution in [2.75, 3.05) is 6.61 Å². The van der Waals surface area contributed by atoms with Gasteiger partial charge in [-0.1, -0.05) is 0 Å². The second-order valence-electron chi connectivity index (χ2n) is 3.05. The van der Waals surface area contributed by atoms with Gasteiger partial charge in [0.1, 0.15) is 5.75 Å². The normalized spacial score (nSPS) is 10.6. The average Bonchev–Trinajstić information content (AvgIpc) is 2.25. The number of benzene rings is 1. The molecule has 0 heterocycles. The van der Waals surface area contributed by atoms with E-state index in [-0.39, 0.29) is 5.69 Å². The van der Waals surface area contributed by atoms with Gasteiger partial charge < -0.3 is 4.74 Å². The first kappa shape index (κ1) is 13.7. The molecule has 0 N–H and O–H groups in total. The summed E-state index contributed by atoms with van der Waals surface area (Å²) in [4.78, 5) is 22.7. The molecule has 0 bridgehead atoms. The van der Waals surface area contributed by atoms with E-state index in [1.54, 1.807) is 0 Å². The van der Waals surface area contributed by atoms with Crippen molar-refractivity contribution in [3.63, 3.8) is 0 Å². The number of nitrogens with zero attached hydrogens (tertiary/aromatic N) is 2. The van der Waals surface area contributed by atoms with E-state index in [9.17, 15) is 28.1 Å². The van der Waals surface area contributed by atoms with Gasteiger partial charge in [-0.3, -0.25) is 10.1 Å². The Morgan fingerprint density at radius 2 is 2.06 bits per heavy atom. The molecular formula is C9H5F3N2O4. The maximum atomic E-state index is 11.9. The first-order chi connectivity index (χ1) is 8.31. The fourth-order valence-electron chi connectivity index (χ4n) is 1.04. The van der Waals surface area contributed by atoms with Crippen molar-refractivity contribution in [3.05, 3.63) is 28.3 Å². The van der Waals surface area contributed by atoms with Crippen molar-refractivity contribution in [2.45, 2.75) is 6.18 Å². The van der Waals surface area contributed by atoms with Gasteiger partial charge in [0.05, 0.1) is 16.7 Å². The highest BCUT2D eigenvalue weighted by atomic mass is 19.4. The summed E-state index contributed by atoms with van der Waals surface area (Å²) >= 11 is 0. The first-order valence-electron chi connectivity index (χ1n) is 4.39. The molecule has 0 aliphatic carbocycles. The Labute approximate surface area is 97.8 Å². The molecule has 0 fully saturated rings. The zero-order valence-corrected chi connectivity index (χ0v) is 8.60. The number of nitro benzene ring substituents is 1. The zero-order chi connectivity index (χ0) is 13.8. The molecule has 0 aromatic heterocycles. The number of non-ortho nitro benzene ring substituents is 1. The lowest BCUT2D eigenvalue weighted by Crippen LogP contribution is -2.19. The van der Waals surface area contributed by atoms with Crippen molar-refractivity contribution in [1.82, 2.24) is 0 Å². The maximum absolute atomic E-state index is 11.9. The molecule has 0 saturated carbocycles. The smallest absolute Gasteiger partial charge is 0.422 e. The summed E-state index contributed by atoms with van der Waals surface area (Å²) in [6, 6.07) is 2.67. The summed E-state index contributed by atoms with van der Waals surface area (Å²) < 4.78 is 40.0. The van der Waals surface area contributed by atoms with E-state index >= 15 is 0 Å². The summed E-state index contributed by atoms with van der Waals surface area (Å²) in [7, 11) is 0. The maximum Gasteiger partial charge on any atom is 0.422 e. The third kappa shape index (κ3) is 4.22. The number of hydrogen-bond donors (Lipinski definition) is 0. The van der Waals surface area contributed by atoms with E-state index in [0.29, 0.717) is 0 Å². The van der Waals surface area contributed by atoms with E-state index in [2.05, 4.69) is 9.73 Å². The van der Waals surface area contributed by atoms with Crippen LogP contribution in [0, 0.1) is 10.1 Å². The molecule has 96 valence electrons. The predicted molar refractivity (Wildman–Crippen MR) is 52.4 cm³/mol. The van der Waals surface area contributed by atoms with Crippen LogP contribution in [-0.2, 0) is 4.79 Å². The quantitative estimate of drug-likeness (QED) is 0.361. The third-order valence-electron chi connectivity index (χ3n) is 1.66. The number of nitro groups is 1. The second-order valence-corrected chi connectivity index (χ2v) is 3.05. The largest absolute Gasteiger partial charge is 0.484 e. The van der Waals surface area contributed by atoms with Gasteiger partial charge in [-0.2, -0.15) is 18.2 Å². The molecule has 18 heavy (non-hydrogen) atoms. The topological polar surface area (TPSA) is 81.8 Å². The van der Waals surface area contributed by atoms with Crippen LogP contribution in [0.4, 0.5) is 24.5 Å². The molecule has 0 spiro atoms. The van der Waals surface area contributed by atoms with E-state index in [1.807, 2.05) is 0 Å². The number of isocyanates is 1. The van der Waals surface area contributed by atoms with Crippen LogP contribution < -0.4 is 4.74 Å². The van der Waals surface area contributed by atoms with E-state index in [1.165, 1.54) is 0 Å². The fourth-order valence-corrected chi connectivity index (χ4v) is 1.04. The molecule has 0 amide bonds. The highest BCUT2D eigenvalue weighted by Gasteiger charge is 2.28. The van der Waals surface area contributed by atoms with Crippen molar-refractivity contribution < 1.29 is 27.6 Å². The number of hydrogen-bond acceptors (Lipinski definition) is 5. The van der Waals surface area contributed by atoms with Gasteiger partial charge in [0.2, 0.25) is 6.08 Å². The minimum atomic E-state index is -4.57. The average molecular weight is 262 g/mol. The summed E-state index contributed by atoms with van der Waals surface area (Å²) in [5, 5.41) is 10.5. The molecule has 0 aliphatic rings. The molecule has 9 heteroatoms. The van der Waals surface area contributed by atoms with Crippen LogP contribution in [0.2, 0.25) is 0 Å². The number of halogens is 3. The minimum Gasteiger partial charge on any atom is -0.484 e. The highest BCUT2D eigenvalue weighted by Crippen LogP contribution is 2.28. The lowest BCUT2D eigenvalue weighted by atomic mass is 10.2. The molecule has 0 aliphatic heterocycles. The van der Waals surface area contributed by atoms with Gasteiger partial charge in [0, 0.05) is 12.1 Å². The summed E-state index contributed by atoms with van der Waals surface area (Å²) in [6.45, 7) is -1.60. The Morgan fingerprint density at radius 1 is 1.39 bits per heavy atom. The van der Waals surface area contributed by atoms with Crippen LogP contribution in [0.15, 0.2) is 23.2 Å². The molecule has 1 aromatic rings. The Kier molecular flexibility index (Phi) is 4.01. The van der Waals surface area contributed by atoms with E-state index < -0.39 is 29.1 Å². The molecule has 1 rings (SSSR count). The van der Waals surface area contributed by atoms with Gasteiger partial charge in [0.15, 0.2) is 6.61 Å². The number of alkyl halides is 3. The summed E-state index contributed by atoms with van der Waals surface area (Å²) in [5.74, 6) is -0.407. The lowest BCUT2D eigenvalue weighted by Gasteiger charge is -2.09. The van der Waals surface area contributed by atoms with Crippen LogP contribution in [0.3, 0.4) is 0 Å². The summed E-state index contributed by atoms with van der Waals surface area (Å²) in [5.41, 5.74) is -0.750. The van der Waals surface area contributed by atoms with Crippen LogP contribution >= 0.6 is 0 Å². The van der Waals surface area contributed by atoms with Crippen molar-refractivity contribution in [1.29, 1.82) is 0 Å². The van der Waals surface area contributed by atoms with Crippen molar-refractivity contribution >= 4 is 17.5 Å². The third-order valence-corrected chi connectivity index (χ3v) is 1.66. The predicted octanol–water partition coefficient (Wildman–Crippen LogP) is 2.50. The number of rotatable bonds is 4. The van der Waals surface area contributed by atoms with Gasteiger partial charge >= 0.3 is 6.18 Å². The Morgan fingerprint density at radius 3 is 2.56 bits per heavy atom. The molecule has 0 saturated heterocycles. The SMILES string of the molecule is O=C=Nc1cc(OCC(F)(F)F)cc([N+](=O)[O-])c1. The first-order valence-corrected chi connectivity index (χ1v) is 4.39. The van der Waals surface area contributed by atoms with Gasteiger partial charge in [-0.25, -0.2) is 4.79 Å². The summed E-state index contributed by atoms with van der Waals surface area (Å²) in [6.07, 6.45) is -3.45. The molecule has 0 unspecified atom stereocenters. The monoisotopic (exact) mass is 262 g/mol. The molecule has 0 atom stereocenters. The Hall–Kier alpha value is -2.41. The fraction of sp³-hybridized carbons (Fsp3) is 0.222. The number of aliphatic imine (C=N–C) groups is 1. The Bertz CT molecular complexity index is 489. The molecule has 1 aromatic carbocycles. The van der Waals surface area contributed by atoms with Gasteiger partial charge in [-0.15, -0.1) is 0 Å². The van der Waals surface area contributed by atoms with Crippen LogP contribution in [0.1, 0.15) is 0 Å². The standard InChI is InChI=1S/C9H5F3N2O4/c10-9(11,12)4-18-8-2-6(13-5-15)1-7(3-8)14(16)17/h1-3H,4H2. The van der Waals surface area contributed by atoms with E-state index in [4.69, 9.17) is 0 Å². The molecule has 6 nitrogen and oxygen atoms in total. The lowest BCUT2D eigenvalue weighted by molar-refractivity contribution is -0.384. The van der Waals surface area contributed by atoms with Crippen molar-refractivity contribution in [3.8, 4) is 5.75 Å². The van der Waals surface area contributed by atoms with Crippen LogP contribution in [-0.4, -0.2) is 23.8 Å². The zero-order valence-electron chi connectivity index (χ0n) is 8.60. The number of carbonyl (C=O) groups excluding carboxylic acids is 1. The van der Waals surface area contributed by atoms with Crippen molar-refractivity contribution in [2.24, 2.45) is 4.99 Å². The molecular weight excluding hydrogens is 257 g/mol. The van der Waals surface area contributed by atoms with Gasteiger partial charge in [0.25, 0.3) is 5.69 Å². The molecule has 0 radical (unpaired) electrons. The Balaban J connectivity index is 3.03. The number of ether oxygens (including phenoxy) is 1. The van der Waals surface area contributed by atoms with Crippen LogP contribution in [0.5, 0.6) is 5.75 Å². The second kappa shape index (κ2) is 5.28. The van der Waals surface area contributed by atoms with Gasteiger partial charge in [-0.05, 0) is 0 Å².